The van der Waals surface area contributed by atoms with E-state index in [4.69, 9.17) is 0 Å². The maximum Gasteiger partial charge on any atom is 0.226 e. The van der Waals surface area contributed by atoms with Crippen molar-refractivity contribution in [3.63, 3.8) is 0 Å². The minimum atomic E-state index is -4.21. The zero-order valence-corrected chi connectivity index (χ0v) is 21.8. The summed E-state index contributed by atoms with van der Waals surface area (Å²) < 4.78 is 55.5. The molecule has 4 aromatic rings. The Morgan fingerprint density at radius 1 is 0.829 bits per heavy atom. The Labute approximate surface area is 211 Å². The number of sulfone groups is 2. The van der Waals surface area contributed by atoms with Crippen LogP contribution in [0.15, 0.2) is 102 Å². The fourth-order valence-electron chi connectivity index (χ4n) is 3.83. The van der Waals surface area contributed by atoms with E-state index in [1.807, 2.05) is 13.8 Å². The fourth-order valence-corrected chi connectivity index (χ4v) is 6.95. The summed E-state index contributed by atoms with van der Waals surface area (Å²) in [5, 5.41) is -0.913. The monoisotopic (exact) mass is 567 g/mol. The molecule has 10 heteroatoms. The van der Waals surface area contributed by atoms with Crippen LogP contribution in [0.25, 0.3) is 0 Å². The number of rotatable bonds is 3. The van der Waals surface area contributed by atoms with Crippen molar-refractivity contribution >= 4 is 47.0 Å². The van der Waals surface area contributed by atoms with Gasteiger partial charge < -0.3 is 0 Å². The van der Waals surface area contributed by atoms with E-state index in [1.54, 1.807) is 48.5 Å². The van der Waals surface area contributed by atoms with E-state index in [0.717, 1.165) is 21.9 Å². The molecule has 1 aliphatic heterocycles. The molecule has 3 aromatic carbocycles. The Kier molecular flexibility index (Phi) is 5.70. The molecule has 2 heterocycles. The van der Waals surface area contributed by atoms with Gasteiger partial charge in [-0.1, -0.05) is 57.4 Å². The summed E-state index contributed by atoms with van der Waals surface area (Å²) in [5.41, 5.74) is 2.70. The van der Waals surface area contributed by atoms with Crippen LogP contribution in [0.1, 0.15) is 22.3 Å². The van der Waals surface area contributed by atoms with Crippen LogP contribution < -0.4 is 0 Å². The predicted molar refractivity (Wildman–Crippen MR) is 135 cm³/mol. The highest BCUT2D eigenvalue weighted by atomic mass is 79.9. The smallest absolute Gasteiger partial charge is 0.226 e. The molecule has 0 atom stereocenters. The van der Waals surface area contributed by atoms with Gasteiger partial charge in [0.2, 0.25) is 19.7 Å². The number of aliphatic imine (C=N–C) groups is 1. The number of halogens is 1. The van der Waals surface area contributed by atoms with Gasteiger partial charge in [0.1, 0.15) is 12.0 Å². The van der Waals surface area contributed by atoms with Gasteiger partial charge >= 0.3 is 0 Å². The second-order valence-electron chi connectivity index (χ2n) is 8.12. The van der Waals surface area contributed by atoms with Crippen molar-refractivity contribution in [1.82, 2.24) is 9.97 Å². The lowest BCUT2D eigenvalue weighted by molar-refractivity contribution is 0.587. The maximum absolute atomic E-state index is 13.8. The van der Waals surface area contributed by atoms with Crippen LogP contribution in [0.4, 0.5) is 5.69 Å². The first-order chi connectivity index (χ1) is 16.6. The molecule has 0 N–H and O–H groups in total. The predicted octanol–water partition coefficient (Wildman–Crippen LogP) is 5.00. The largest absolute Gasteiger partial charge is 0.242 e. The first-order valence-electron chi connectivity index (χ1n) is 10.5. The molecular weight excluding hydrogens is 550 g/mol. The number of hydrogen-bond acceptors (Lipinski definition) is 7. The lowest BCUT2D eigenvalue weighted by Gasteiger charge is -2.10. The number of aromatic nitrogens is 2. The van der Waals surface area contributed by atoms with E-state index in [2.05, 4.69) is 30.9 Å². The first-order valence-corrected chi connectivity index (χ1v) is 14.2. The highest BCUT2D eigenvalue weighted by molar-refractivity contribution is 9.10. The zero-order valence-electron chi connectivity index (χ0n) is 18.6. The van der Waals surface area contributed by atoms with Gasteiger partial charge in [0.25, 0.3) is 0 Å². The Balaban J connectivity index is 1.88. The van der Waals surface area contributed by atoms with Gasteiger partial charge in [0.05, 0.1) is 15.5 Å². The summed E-state index contributed by atoms with van der Waals surface area (Å²) in [6.45, 7) is 3.69. The topological polar surface area (TPSA) is 106 Å². The second-order valence-corrected chi connectivity index (χ2v) is 12.7. The quantitative estimate of drug-likeness (QED) is 0.284. The van der Waals surface area contributed by atoms with Crippen LogP contribution in [0.5, 0.6) is 0 Å². The standard InChI is InChI=1S/C25H18BrN3O4S2/c1-15-3-10-19(11-4-15)34(30,31)24-23-25(28-14-27-24)35(32,33)21-12-5-16(2)13-20(21)22(29-23)17-6-8-18(26)9-7-17/h3-14H,1-2H3. The molecule has 0 unspecified atom stereocenters. The van der Waals surface area contributed by atoms with E-state index in [-0.39, 0.29) is 15.5 Å². The summed E-state index contributed by atoms with van der Waals surface area (Å²) in [6.07, 6.45) is 0.950. The maximum atomic E-state index is 13.8. The molecule has 0 spiro atoms. The molecule has 0 bridgehead atoms. The average molecular weight is 568 g/mol. The first kappa shape index (κ1) is 23.5. The van der Waals surface area contributed by atoms with Gasteiger partial charge in [-0.3, -0.25) is 0 Å². The lowest BCUT2D eigenvalue weighted by atomic mass is 10.0. The molecule has 0 radical (unpaired) electrons. The third-order valence-electron chi connectivity index (χ3n) is 5.62. The number of nitrogens with zero attached hydrogens (tertiary/aromatic N) is 3. The molecular formula is C25H18BrN3O4S2. The lowest BCUT2D eigenvalue weighted by Crippen LogP contribution is -2.11. The third-order valence-corrected chi connectivity index (χ3v) is 9.59. The van der Waals surface area contributed by atoms with Crippen LogP contribution >= 0.6 is 15.9 Å². The van der Waals surface area contributed by atoms with E-state index < -0.39 is 29.7 Å². The Bertz CT molecular complexity index is 1730. The van der Waals surface area contributed by atoms with Crippen molar-refractivity contribution in [2.75, 3.05) is 0 Å². The number of benzene rings is 3. The molecule has 7 nitrogen and oxygen atoms in total. The molecule has 0 aliphatic carbocycles. The van der Waals surface area contributed by atoms with Gasteiger partial charge in [0, 0.05) is 15.6 Å². The molecule has 35 heavy (non-hydrogen) atoms. The fraction of sp³-hybridized carbons (Fsp3) is 0.0800. The van der Waals surface area contributed by atoms with Crippen molar-refractivity contribution in [3.8, 4) is 0 Å². The van der Waals surface area contributed by atoms with Crippen molar-refractivity contribution in [1.29, 1.82) is 0 Å². The normalized spacial score (nSPS) is 14.4. The second kappa shape index (κ2) is 8.47. The number of hydrogen-bond donors (Lipinski definition) is 0. The summed E-state index contributed by atoms with van der Waals surface area (Å²) in [5.74, 6) is 0. The van der Waals surface area contributed by atoms with Crippen molar-refractivity contribution < 1.29 is 16.8 Å². The SMILES string of the molecule is Cc1ccc(S(=O)(=O)c2ncnc3c2N=C(c2ccc(Br)cc2)c2cc(C)ccc2S3(=O)=O)cc1. The van der Waals surface area contributed by atoms with Crippen molar-refractivity contribution in [2.45, 2.75) is 33.7 Å². The molecule has 0 saturated carbocycles. The van der Waals surface area contributed by atoms with Crippen LogP contribution in [-0.2, 0) is 19.7 Å². The molecule has 176 valence electrons. The van der Waals surface area contributed by atoms with Crippen LogP contribution in [0, 0.1) is 13.8 Å². The Morgan fingerprint density at radius 2 is 1.49 bits per heavy atom. The minimum absolute atomic E-state index is 0.000836. The highest BCUT2D eigenvalue weighted by Gasteiger charge is 2.36. The van der Waals surface area contributed by atoms with Gasteiger partial charge in [-0.25, -0.2) is 31.8 Å². The Hall–Kier alpha value is -3.21. The molecule has 1 aromatic heterocycles. The van der Waals surface area contributed by atoms with Crippen LogP contribution in [0.2, 0.25) is 0 Å². The minimum Gasteiger partial charge on any atom is -0.242 e. The van der Waals surface area contributed by atoms with Crippen LogP contribution in [0.3, 0.4) is 0 Å². The van der Waals surface area contributed by atoms with Gasteiger partial charge in [-0.05, 0) is 50.2 Å². The van der Waals surface area contributed by atoms with Gasteiger partial charge in [-0.2, -0.15) is 0 Å². The van der Waals surface area contributed by atoms with Crippen molar-refractivity contribution in [3.05, 3.63) is 99.8 Å². The molecule has 0 saturated heterocycles. The molecule has 1 aliphatic rings. The number of aryl methyl sites for hydroxylation is 2. The molecule has 5 rings (SSSR count). The average Bonchev–Trinajstić information content (AvgIpc) is 2.92. The summed E-state index contributed by atoms with van der Waals surface area (Å²) in [7, 11) is -8.42. The number of fused-ring (bicyclic) bond motifs is 2. The van der Waals surface area contributed by atoms with Gasteiger partial charge in [-0.15, -0.1) is 0 Å². The zero-order chi connectivity index (χ0) is 25.0. The molecule has 0 fully saturated rings. The van der Waals surface area contributed by atoms with Crippen molar-refractivity contribution in [2.24, 2.45) is 4.99 Å². The summed E-state index contributed by atoms with van der Waals surface area (Å²) in [6, 6.07) is 18.3. The third kappa shape index (κ3) is 4.01. The van der Waals surface area contributed by atoms with Crippen LogP contribution in [-0.4, -0.2) is 32.5 Å². The van der Waals surface area contributed by atoms with E-state index in [0.29, 0.717) is 16.8 Å². The Morgan fingerprint density at radius 3 is 2.17 bits per heavy atom. The summed E-state index contributed by atoms with van der Waals surface area (Å²) in [4.78, 5) is 12.6. The van der Waals surface area contributed by atoms with E-state index >= 15 is 0 Å². The molecule has 0 amide bonds. The van der Waals surface area contributed by atoms with Gasteiger partial charge in [0.15, 0.2) is 10.1 Å². The van der Waals surface area contributed by atoms with E-state index in [9.17, 15) is 16.8 Å². The summed E-state index contributed by atoms with van der Waals surface area (Å²) >= 11 is 3.41. The van der Waals surface area contributed by atoms with E-state index in [1.165, 1.54) is 18.2 Å². The highest BCUT2D eigenvalue weighted by Crippen LogP contribution is 2.40.